The molecule has 0 unspecified atom stereocenters. The van der Waals surface area contributed by atoms with Crippen LogP contribution in [0.4, 0.5) is 0 Å². The fraction of sp³-hybridized carbons (Fsp3) is 0.538. The van der Waals surface area contributed by atoms with E-state index < -0.39 is 10.0 Å². The van der Waals surface area contributed by atoms with Gasteiger partial charge in [-0.1, -0.05) is 34.1 Å². The highest BCUT2D eigenvalue weighted by Gasteiger charge is 2.41. The molecule has 2 rings (SSSR count). The standard InChI is InChI=1S/C13H18BrNO3S/c1-2-18-7-8-19(16,17)15-13-9-11(13)10-5-3-4-6-12(10)14/h3-6,11,13,15H,2,7-9H2,1H3/t11-,13+/m0/s1. The van der Waals surface area contributed by atoms with Crippen LogP contribution < -0.4 is 4.72 Å². The molecular formula is C13H18BrNO3S. The monoisotopic (exact) mass is 347 g/mol. The minimum atomic E-state index is -3.23. The van der Waals surface area contributed by atoms with Gasteiger partial charge in [0.1, 0.15) is 0 Å². The zero-order chi connectivity index (χ0) is 13.9. The molecule has 0 amide bonds. The van der Waals surface area contributed by atoms with E-state index in [4.69, 9.17) is 4.74 Å². The van der Waals surface area contributed by atoms with Gasteiger partial charge >= 0.3 is 0 Å². The first kappa shape index (κ1) is 15.0. The van der Waals surface area contributed by atoms with Crippen molar-refractivity contribution in [2.24, 2.45) is 0 Å². The summed E-state index contributed by atoms with van der Waals surface area (Å²) in [6, 6.07) is 7.96. The summed E-state index contributed by atoms with van der Waals surface area (Å²) < 4.78 is 32.5. The highest BCUT2D eigenvalue weighted by atomic mass is 79.9. The molecule has 1 aliphatic rings. The molecule has 1 aromatic rings. The van der Waals surface area contributed by atoms with Gasteiger partial charge in [-0.25, -0.2) is 13.1 Å². The summed E-state index contributed by atoms with van der Waals surface area (Å²) in [5, 5.41) is 0. The molecule has 1 saturated carbocycles. The van der Waals surface area contributed by atoms with Gasteiger partial charge in [0.15, 0.2) is 0 Å². The Morgan fingerprint density at radius 2 is 2.16 bits per heavy atom. The number of hydrogen-bond acceptors (Lipinski definition) is 3. The molecule has 0 bridgehead atoms. The molecule has 1 aliphatic carbocycles. The van der Waals surface area contributed by atoms with Crippen molar-refractivity contribution in [3.63, 3.8) is 0 Å². The molecule has 6 heteroatoms. The highest BCUT2D eigenvalue weighted by molar-refractivity contribution is 9.10. The van der Waals surface area contributed by atoms with Crippen LogP contribution in [-0.2, 0) is 14.8 Å². The SMILES string of the molecule is CCOCCS(=O)(=O)N[C@@H]1C[C@H]1c1ccccc1Br. The molecular weight excluding hydrogens is 330 g/mol. The molecule has 2 atom stereocenters. The van der Waals surface area contributed by atoms with Gasteiger partial charge in [-0.15, -0.1) is 0 Å². The summed E-state index contributed by atoms with van der Waals surface area (Å²) in [4.78, 5) is 0. The Balaban J connectivity index is 1.88. The molecule has 1 N–H and O–H groups in total. The quantitative estimate of drug-likeness (QED) is 0.769. The zero-order valence-corrected chi connectivity index (χ0v) is 13.2. The van der Waals surface area contributed by atoms with Crippen LogP contribution in [0, 0.1) is 0 Å². The molecule has 106 valence electrons. The van der Waals surface area contributed by atoms with Crippen molar-refractivity contribution in [1.29, 1.82) is 0 Å². The van der Waals surface area contributed by atoms with Crippen LogP contribution in [0.5, 0.6) is 0 Å². The van der Waals surface area contributed by atoms with Gasteiger partial charge in [0.25, 0.3) is 0 Å². The van der Waals surface area contributed by atoms with Crippen molar-refractivity contribution in [2.45, 2.75) is 25.3 Å². The lowest BCUT2D eigenvalue weighted by Crippen LogP contribution is -2.31. The molecule has 0 aliphatic heterocycles. The van der Waals surface area contributed by atoms with E-state index in [1.54, 1.807) is 0 Å². The second-order valence-corrected chi connectivity index (χ2v) is 7.33. The van der Waals surface area contributed by atoms with E-state index in [9.17, 15) is 8.42 Å². The largest absolute Gasteiger partial charge is 0.381 e. The van der Waals surface area contributed by atoms with Gasteiger partial charge in [0, 0.05) is 23.0 Å². The molecule has 0 saturated heterocycles. The van der Waals surface area contributed by atoms with Crippen molar-refractivity contribution in [3.8, 4) is 0 Å². The second kappa shape index (κ2) is 6.35. The molecule has 1 aromatic carbocycles. The third-order valence-electron chi connectivity index (χ3n) is 3.13. The molecule has 4 nitrogen and oxygen atoms in total. The van der Waals surface area contributed by atoms with E-state index in [0.29, 0.717) is 6.61 Å². The van der Waals surface area contributed by atoms with Crippen LogP contribution in [0.15, 0.2) is 28.7 Å². The lowest BCUT2D eigenvalue weighted by Gasteiger charge is -2.07. The summed E-state index contributed by atoms with van der Waals surface area (Å²) in [7, 11) is -3.23. The summed E-state index contributed by atoms with van der Waals surface area (Å²) in [6.45, 7) is 2.64. The Labute approximate surface area is 122 Å². The van der Waals surface area contributed by atoms with Crippen LogP contribution in [0.25, 0.3) is 0 Å². The van der Waals surface area contributed by atoms with Gasteiger partial charge in [-0.3, -0.25) is 0 Å². The Bertz CT molecular complexity index is 532. The maximum atomic E-state index is 11.8. The normalized spacial score (nSPS) is 22.4. The third kappa shape index (κ3) is 4.27. The van der Waals surface area contributed by atoms with E-state index in [0.717, 1.165) is 10.9 Å². The van der Waals surface area contributed by atoms with Crippen LogP contribution >= 0.6 is 15.9 Å². The maximum Gasteiger partial charge on any atom is 0.214 e. The van der Waals surface area contributed by atoms with Crippen molar-refractivity contribution in [1.82, 2.24) is 4.72 Å². The number of sulfonamides is 1. The molecule has 0 heterocycles. The maximum absolute atomic E-state index is 11.8. The molecule has 1 fully saturated rings. The Morgan fingerprint density at radius 3 is 2.84 bits per heavy atom. The smallest absolute Gasteiger partial charge is 0.214 e. The van der Waals surface area contributed by atoms with Crippen LogP contribution in [0.3, 0.4) is 0 Å². The first-order chi connectivity index (χ1) is 9.03. The molecule has 0 radical (unpaired) electrons. The van der Waals surface area contributed by atoms with Crippen molar-refractivity contribution < 1.29 is 13.2 Å². The van der Waals surface area contributed by atoms with Crippen LogP contribution in [-0.4, -0.2) is 33.4 Å². The molecule has 0 spiro atoms. The Hall–Kier alpha value is -0.430. The Kier molecular flexibility index (Phi) is 5.00. The predicted molar refractivity (Wildman–Crippen MR) is 78.7 cm³/mol. The minimum Gasteiger partial charge on any atom is -0.381 e. The van der Waals surface area contributed by atoms with Gasteiger partial charge < -0.3 is 4.74 Å². The lowest BCUT2D eigenvalue weighted by atomic mass is 10.1. The van der Waals surface area contributed by atoms with E-state index >= 15 is 0 Å². The molecule has 19 heavy (non-hydrogen) atoms. The number of benzene rings is 1. The second-order valence-electron chi connectivity index (χ2n) is 4.60. The first-order valence-corrected chi connectivity index (χ1v) is 8.80. The number of rotatable bonds is 7. The average molecular weight is 348 g/mol. The van der Waals surface area contributed by atoms with E-state index in [-0.39, 0.29) is 24.3 Å². The zero-order valence-electron chi connectivity index (χ0n) is 10.8. The summed E-state index contributed by atoms with van der Waals surface area (Å²) >= 11 is 3.50. The number of nitrogens with one attached hydrogen (secondary N) is 1. The van der Waals surface area contributed by atoms with Crippen molar-refractivity contribution in [3.05, 3.63) is 34.3 Å². The van der Waals surface area contributed by atoms with E-state index in [1.165, 1.54) is 5.56 Å². The number of ether oxygens (including phenoxy) is 1. The van der Waals surface area contributed by atoms with E-state index in [1.807, 2.05) is 31.2 Å². The topological polar surface area (TPSA) is 55.4 Å². The predicted octanol–water partition coefficient (Wildman–Crippen LogP) is 2.26. The fourth-order valence-corrected chi connectivity index (χ4v) is 3.80. The van der Waals surface area contributed by atoms with Gasteiger partial charge in [0.2, 0.25) is 10.0 Å². The number of halogens is 1. The average Bonchev–Trinajstić information content (AvgIpc) is 3.08. The molecule has 0 aromatic heterocycles. The van der Waals surface area contributed by atoms with Crippen LogP contribution in [0.2, 0.25) is 0 Å². The van der Waals surface area contributed by atoms with E-state index in [2.05, 4.69) is 20.7 Å². The van der Waals surface area contributed by atoms with Gasteiger partial charge in [0.05, 0.1) is 12.4 Å². The van der Waals surface area contributed by atoms with Crippen LogP contribution in [0.1, 0.15) is 24.8 Å². The number of hydrogen-bond donors (Lipinski definition) is 1. The van der Waals surface area contributed by atoms with Crippen molar-refractivity contribution >= 4 is 26.0 Å². The lowest BCUT2D eigenvalue weighted by molar-refractivity contribution is 0.163. The van der Waals surface area contributed by atoms with Crippen molar-refractivity contribution in [2.75, 3.05) is 19.0 Å². The summed E-state index contributed by atoms with van der Waals surface area (Å²) in [5.74, 6) is 0.303. The van der Waals surface area contributed by atoms with Gasteiger partial charge in [-0.2, -0.15) is 0 Å². The summed E-state index contributed by atoms with van der Waals surface area (Å²) in [5.41, 5.74) is 1.17. The fourth-order valence-electron chi connectivity index (χ4n) is 2.05. The summed E-state index contributed by atoms with van der Waals surface area (Å²) in [6.07, 6.45) is 0.858. The minimum absolute atomic E-state index is 0.0188. The first-order valence-electron chi connectivity index (χ1n) is 6.35. The van der Waals surface area contributed by atoms with Gasteiger partial charge in [-0.05, 0) is 25.0 Å². The third-order valence-corrected chi connectivity index (χ3v) is 5.21. The highest BCUT2D eigenvalue weighted by Crippen LogP contribution is 2.43. The Morgan fingerprint density at radius 1 is 1.42 bits per heavy atom.